The molecule has 6 heteroatoms. The number of aromatic nitrogens is 3. The third-order valence-corrected chi connectivity index (χ3v) is 5.18. The van der Waals surface area contributed by atoms with Crippen LogP contribution in [-0.4, -0.2) is 50.4 Å². The van der Waals surface area contributed by atoms with Gasteiger partial charge in [0.15, 0.2) is 0 Å². The molecule has 1 amide bonds. The number of carbonyl (C=O) groups excluding carboxylic acids is 1. The van der Waals surface area contributed by atoms with E-state index in [0.717, 1.165) is 43.0 Å². The largest absolute Gasteiger partial charge is 0.396 e. The number of hydrogen-bond acceptors (Lipinski definition) is 4. The van der Waals surface area contributed by atoms with Crippen molar-refractivity contribution in [1.82, 2.24) is 19.7 Å². The molecule has 1 aliphatic carbocycles. The molecule has 1 aliphatic rings. The molecular weight excluding hydrogens is 316 g/mol. The lowest BCUT2D eigenvalue weighted by molar-refractivity contribution is 0.0653. The quantitative estimate of drug-likeness (QED) is 0.927. The van der Waals surface area contributed by atoms with E-state index in [4.69, 9.17) is 0 Å². The molecule has 0 radical (unpaired) electrons. The molecule has 134 valence electrons. The summed E-state index contributed by atoms with van der Waals surface area (Å²) in [5.74, 6) is 2.00. The summed E-state index contributed by atoms with van der Waals surface area (Å²) < 4.78 is 1.78. The van der Waals surface area contributed by atoms with Gasteiger partial charge >= 0.3 is 0 Å². The van der Waals surface area contributed by atoms with Crippen molar-refractivity contribution < 1.29 is 9.90 Å². The smallest absolute Gasteiger partial charge is 0.253 e. The highest BCUT2D eigenvalue weighted by Gasteiger charge is 2.26. The van der Waals surface area contributed by atoms with E-state index in [0.29, 0.717) is 11.5 Å². The fourth-order valence-corrected chi connectivity index (χ4v) is 3.59. The van der Waals surface area contributed by atoms with Gasteiger partial charge in [0.2, 0.25) is 0 Å². The fourth-order valence-electron chi connectivity index (χ4n) is 3.59. The Morgan fingerprint density at radius 3 is 2.36 bits per heavy atom. The van der Waals surface area contributed by atoms with E-state index < -0.39 is 0 Å². The Hall–Kier alpha value is -2.21. The molecule has 1 fully saturated rings. The van der Waals surface area contributed by atoms with Crippen LogP contribution in [0.4, 0.5) is 0 Å². The van der Waals surface area contributed by atoms with Crippen LogP contribution in [0.3, 0.4) is 0 Å². The van der Waals surface area contributed by atoms with Crippen molar-refractivity contribution in [3.05, 3.63) is 41.5 Å². The Kier molecular flexibility index (Phi) is 5.18. The number of hydrogen-bond donors (Lipinski definition) is 1. The molecule has 1 aromatic carbocycles. The molecule has 3 rings (SSSR count). The summed E-state index contributed by atoms with van der Waals surface area (Å²) >= 11 is 0. The first-order valence-corrected chi connectivity index (χ1v) is 8.88. The summed E-state index contributed by atoms with van der Waals surface area (Å²) in [6.45, 7) is 4.03. The van der Waals surface area contributed by atoms with E-state index in [1.165, 1.54) is 0 Å². The van der Waals surface area contributed by atoms with E-state index in [2.05, 4.69) is 10.1 Å². The molecule has 1 heterocycles. The predicted molar refractivity (Wildman–Crippen MR) is 95.8 cm³/mol. The van der Waals surface area contributed by atoms with Crippen LogP contribution in [0, 0.1) is 19.8 Å². The first-order valence-electron chi connectivity index (χ1n) is 8.88. The monoisotopic (exact) mass is 342 g/mol. The maximum Gasteiger partial charge on any atom is 0.253 e. The molecule has 25 heavy (non-hydrogen) atoms. The Morgan fingerprint density at radius 2 is 1.84 bits per heavy atom. The summed E-state index contributed by atoms with van der Waals surface area (Å²) in [5, 5.41) is 13.6. The van der Waals surface area contributed by atoms with E-state index in [1.54, 1.807) is 4.68 Å². The Balaban J connectivity index is 1.69. The van der Waals surface area contributed by atoms with Crippen LogP contribution in [-0.2, 0) is 0 Å². The Labute approximate surface area is 148 Å². The van der Waals surface area contributed by atoms with Crippen molar-refractivity contribution in [2.45, 2.75) is 45.6 Å². The standard InChI is InChI=1S/C19H26N4O2/c1-13-20-14(2)23(21-13)18-10-6-16(7-11-18)19(25)22(3)17-8-4-15(12-24)5-9-17/h6-7,10-11,15,17,24H,4-5,8-9,12H2,1-3H3. The minimum absolute atomic E-state index is 0.0468. The lowest BCUT2D eigenvalue weighted by Gasteiger charge is -2.34. The van der Waals surface area contributed by atoms with Crippen molar-refractivity contribution in [3.63, 3.8) is 0 Å². The summed E-state index contributed by atoms with van der Waals surface area (Å²) in [4.78, 5) is 18.9. The molecule has 1 aromatic heterocycles. The Bertz CT molecular complexity index is 730. The van der Waals surface area contributed by atoms with Gasteiger partial charge in [0.25, 0.3) is 5.91 Å². The maximum atomic E-state index is 12.8. The van der Waals surface area contributed by atoms with Gasteiger partial charge in [-0.1, -0.05) is 0 Å². The van der Waals surface area contributed by atoms with E-state index in [-0.39, 0.29) is 18.6 Å². The molecule has 6 nitrogen and oxygen atoms in total. The van der Waals surface area contributed by atoms with Gasteiger partial charge in [-0.15, -0.1) is 0 Å². The highest BCUT2D eigenvalue weighted by molar-refractivity contribution is 5.94. The van der Waals surface area contributed by atoms with Gasteiger partial charge in [0, 0.05) is 25.3 Å². The van der Waals surface area contributed by atoms with Gasteiger partial charge in [-0.05, 0) is 69.7 Å². The van der Waals surface area contributed by atoms with Crippen LogP contribution in [0.15, 0.2) is 24.3 Å². The summed E-state index contributed by atoms with van der Waals surface area (Å²) in [6.07, 6.45) is 3.90. The lowest BCUT2D eigenvalue weighted by Crippen LogP contribution is -2.39. The molecule has 2 aromatic rings. The van der Waals surface area contributed by atoms with Crippen LogP contribution in [0.5, 0.6) is 0 Å². The number of nitrogens with zero attached hydrogens (tertiary/aromatic N) is 4. The second kappa shape index (κ2) is 7.35. The van der Waals surface area contributed by atoms with Crippen molar-refractivity contribution in [2.24, 2.45) is 5.92 Å². The van der Waals surface area contributed by atoms with Crippen molar-refractivity contribution >= 4 is 5.91 Å². The molecule has 0 unspecified atom stereocenters. The zero-order chi connectivity index (χ0) is 18.0. The van der Waals surface area contributed by atoms with Crippen LogP contribution in [0.1, 0.15) is 47.7 Å². The van der Waals surface area contributed by atoms with Gasteiger partial charge in [-0.3, -0.25) is 4.79 Å². The predicted octanol–water partition coefficient (Wildman–Crippen LogP) is 2.51. The molecule has 0 bridgehead atoms. The molecule has 1 N–H and O–H groups in total. The normalized spacial score (nSPS) is 20.5. The number of carbonyl (C=O) groups is 1. The molecule has 0 aliphatic heterocycles. The molecule has 0 atom stereocenters. The average Bonchev–Trinajstić information content (AvgIpc) is 2.99. The fraction of sp³-hybridized carbons (Fsp3) is 0.526. The molecular formula is C19H26N4O2. The second-order valence-corrected chi connectivity index (χ2v) is 6.94. The first-order chi connectivity index (χ1) is 12.0. The minimum atomic E-state index is 0.0468. The van der Waals surface area contributed by atoms with Crippen LogP contribution in [0.25, 0.3) is 5.69 Å². The van der Waals surface area contributed by atoms with E-state index in [9.17, 15) is 9.90 Å². The van der Waals surface area contributed by atoms with Crippen LogP contribution in [0.2, 0.25) is 0 Å². The van der Waals surface area contributed by atoms with E-state index in [1.807, 2.05) is 50.1 Å². The van der Waals surface area contributed by atoms with Crippen molar-refractivity contribution in [1.29, 1.82) is 0 Å². The minimum Gasteiger partial charge on any atom is -0.396 e. The molecule has 0 saturated heterocycles. The number of aryl methyl sites for hydroxylation is 2. The van der Waals surface area contributed by atoms with Crippen molar-refractivity contribution in [3.8, 4) is 5.69 Å². The number of aliphatic hydroxyl groups is 1. The topological polar surface area (TPSA) is 71.2 Å². The highest BCUT2D eigenvalue weighted by Crippen LogP contribution is 2.27. The molecule has 0 spiro atoms. The van der Waals surface area contributed by atoms with Gasteiger partial charge in [-0.2, -0.15) is 5.10 Å². The zero-order valence-corrected chi connectivity index (χ0v) is 15.1. The number of amides is 1. The third-order valence-electron chi connectivity index (χ3n) is 5.18. The molecule has 1 saturated carbocycles. The van der Waals surface area contributed by atoms with Crippen LogP contribution >= 0.6 is 0 Å². The van der Waals surface area contributed by atoms with Gasteiger partial charge < -0.3 is 10.0 Å². The summed E-state index contributed by atoms with van der Waals surface area (Å²) in [7, 11) is 1.88. The van der Waals surface area contributed by atoms with Gasteiger partial charge in [-0.25, -0.2) is 9.67 Å². The third kappa shape index (κ3) is 3.74. The van der Waals surface area contributed by atoms with Gasteiger partial charge in [0.05, 0.1) is 5.69 Å². The number of rotatable bonds is 4. The average molecular weight is 342 g/mol. The second-order valence-electron chi connectivity index (χ2n) is 6.94. The first kappa shape index (κ1) is 17.6. The van der Waals surface area contributed by atoms with Crippen molar-refractivity contribution in [2.75, 3.05) is 13.7 Å². The van der Waals surface area contributed by atoms with Crippen LogP contribution < -0.4 is 0 Å². The SMILES string of the molecule is Cc1nc(C)n(-c2ccc(C(=O)N(C)C3CCC(CO)CC3)cc2)n1. The number of benzene rings is 1. The van der Waals surface area contributed by atoms with Gasteiger partial charge in [0.1, 0.15) is 11.6 Å². The maximum absolute atomic E-state index is 12.8. The number of aliphatic hydroxyl groups excluding tert-OH is 1. The Morgan fingerprint density at radius 1 is 1.20 bits per heavy atom. The lowest BCUT2D eigenvalue weighted by atomic mass is 9.86. The van der Waals surface area contributed by atoms with E-state index >= 15 is 0 Å². The highest BCUT2D eigenvalue weighted by atomic mass is 16.3. The summed E-state index contributed by atoms with van der Waals surface area (Å²) in [5.41, 5.74) is 1.59. The summed E-state index contributed by atoms with van der Waals surface area (Å²) in [6, 6.07) is 7.78. The zero-order valence-electron chi connectivity index (χ0n) is 15.1.